The van der Waals surface area contributed by atoms with Crippen LogP contribution in [0.4, 0.5) is 4.79 Å². The first-order chi connectivity index (χ1) is 12.9. The van der Waals surface area contributed by atoms with E-state index in [0.29, 0.717) is 17.0 Å². The number of ether oxygens (including phenoxy) is 1. The highest BCUT2D eigenvalue weighted by Gasteiger charge is 2.49. The predicted molar refractivity (Wildman–Crippen MR) is 99.4 cm³/mol. The van der Waals surface area contributed by atoms with Crippen LogP contribution in [0.25, 0.3) is 5.65 Å². The van der Waals surface area contributed by atoms with Crippen LogP contribution in [0.2, 0.25) is 0 Å². The number of urea groups is 1. The van der Waals surface area contributed by atoms with Crippen molar-refractivity contribution in [1.29, 1.82) is 0 Å². The zero-order valence-corrected chi connectivity index (χ0v) is 15.4. The Labute approximate surface area is 156 Å². The molecule has 1 atom stereocenters. The number of imide groups is 1. The Morgan fingerprint density at radius 2 is 1.85 bits per heavy atom. The summed E-state index contributed by atoms with van der Waals surface area (Å²) in [5, 5.41) is 2.81. The summed E-state index contributed by atoms with van der Waals surface area (Å²) in [6, 6.07) is 10.6. The third-order valence-electron chi connectivity index (χ3n) is 4.91. The summed E-state index contributed by atoms with van der Waals surface area (Å²) in [5.74, 6) is 0.391. The minimum atomic E-state index is -1.11. The van der Waals surface area contributed by atoms with Gasteiger partial charge in [0, 0.05) is 12.4 Å². The fraction of sp³-hybridized carbons (Fsp3) is 0.250. The molecule has 0 saturated carbocycles. The number of rotatable bonds is 4. The number of carbonyl (C=O) groups excluding carboxylic acids is 2. The summed E-state index contributed by atoms with van der Waals surface area (Å²) < 4.78 is 7.05. The third kappa shape index (κ3) is 2.81. The van der Waals surface area contributed by atoms with Crippen molar-refractivity contribution in [3.63, 3.8) is 0 Å². The number of aromatic nitrogens is 2. The molecule has 1 aromatic carbocycles. The Morgan fingerprint density at radius 1 is 1.11 bits per heavy atom. The standard InChI is InChI=1S/C20H20N4O3/c1-13-4-9-17-21-15(11-23(17)10-13)12-24-18(25)20(2,22-19(24)26)14-5-7-16(27-3)8-6-14/h4-11H,12H2,1-3H3,(H,22,26)/t20-/m1/s1. The Hall–Kier alpha value is -3.35. The smallest absolute Gasteiger partial charge is 0.325 e. The first-order valence-electron chi connectivity index (χ1n) is 8.63. The van der Waals surface area contributed by atoms with Crippen molar-refractivity contribution in [3.8, 4) is 5.75 Å². The maximum Gasteiger partial charge on any atom is 0.325 e. The molecule has 0 spiro atoms. The van der Waals surface area contributed by atoms with E-state index in [9.17, 15) is 9.59 Å². The van der Waals surface area contributed by atoms with Gasteiger partial charge in [-0.3, -0.25) is 9.69 Å². The number of methoxy groups -OCH3 is 1. The van der Waals surface area contributed by atoms with Crippen LogP contribution in [-0.4, -0.2) is 33.3 Å². The van der Waals surface area contributed by atoms with Gasteiger partial charge in [0.15, 0.2) is 0 Å². The molecule has 0 aliphatic carbocycles. The highest BCUT2D eigenvalue weighted by Crippen LogP contribution is 2.30. The first kappa shape index (κ1) is 17.1. The van der Waals surface area contributed by atoms with Crippen LogP contribution in [0.1, 0.15) is 23.7 Å². The van der Waals surface area contributed by atoms with E-state index >= 15 is 0 Å². The van der Waals surface area contributed by atoms with Gasteiger partial charge in [-0.2, -0.15) is 0 Å². The number of fused-ring (bicyclic) bond motifs is 1. The molecule has 1 N–H and O–H groups in total. The normalized spacial score (nSPS) is 19.6. The van der Waals surface area contributed by atoms with Gasteiger partial charge in [0.1, 0.15) is 16.9 Å². The molecular formula is C20H20N4O3. The molecule has 0 bridgehead atoms. The van der Waals surface area contributed by atoms with Crippen LogP contribution >= 0.6 is 0 Å². The molecule has 4 rings (SSSR count). The van der Waals surface area contributed by atoms with Crippen LogP contribution in [0, 0.1) is 6.92 Å². The molecule has 1 fully saturated rings. The van der Waals surface area contributed by atoms with Crippen molar-refractivity contribution < 1.29 is 14.3 Å². The molecule has 2 aromatic heterocycles. The third-order valence-corrected chi connectivity index (χ3v) is 4.91. The lowest BCUT2D eigenvalue weighted by molar-refractivity contribution is -0.131. The van der Waals surface area contributed by atoms with Crippen molar-refractivity contribution in [2.24, 2.45) is 0 Å². The molecule has 27 heavy (non-hydrogen) atoms. The lowest BCUT2D eigenvalue weighted by Gasteiger charge is -2.22. The second kappa shape index (κ2) is 6.12. The largest absolute Gasteiger partial charge is 0.497 e. The van der Waals surface area contributed by atoms with Crippen LogP contribution in [0.15, 0.2) is 48.8 Å². The summed E-state index contributed by atoms with van der Waals surface area (Å²) in [6.07, 6.45) is 3.80. The Kier molecular flexibility index (Phi) is 3.87. The van der Waals surface area contributed by atoms with E-state index in [1.165, 1.54) is 4.90 Å². The minimum Gasteiger partial charge on any atom is -0.497 e. The molecule has 7 nitrogen and oxygen atoms in total. The van der Waals surface area contributed by atoms with Gasteiger partial charge in [0.25, 0.3) is 5.91 Å². The van der Waals surface area contributed by atoms with Crippen molar-refractivity contribution in [1.82, 2.24) is 19.6 Å². The van der Waals surface area contributed by atoms with E-state index in [-0.39, 0.29) is 12.5 Å². The topological polar surface area (TPSA) is 75.9 Å². The summed E-state index contributed by atoms with van der Waals surface area (Å²) in [7, 11) is 1.58. The number of amides is 3. The second-order valence-corrected chi connectivity index (χ2v) is 6.88. The molecule has 3 heterocycles. The average Bonchev–Trinajstić information content (AvgIpc) is 3.15. The fourth-order valence-corrected chi connectivity index (χ4v) is 3.35. The van der Waals surface area contributed by atoms with Gasteiger partial charge in [0.05, 0.1) is 19.3 Å². The van der Waals surface area contributed by atoms with Gasteiger partial charge < -0.3 is 14.5 Å². The molecule has 0 unspecified atom stereocenters. The Bertz CT molecular complexity index is 1040. The predicted octanol–water partition coefficient (Wildman–Crippen LogP) is 2.62. The van der Waals surface area contributed by atoms with Crippen molar-refractivity contribution in [3.05, 3.63) is 65.6 Å². The van der Waals surface area contributed by atoms with Gasteiger partial charge >= 0.3 is 6.03 Å². The van der Waals surface area contributed by atoms with Gasteiger partial charge in [0.2, 0.25) is 0 Å². The first-order valence-corrected chi connectivity index (χ1v) is 8.63. The quantitative estimate of drug-likeness (QED) is 0.722. The van der Waals surface area contributed by atoms with Crippen LogP contribution in [0.3, 0.4) is 0 Å². The number of imidazole rings is 1. The van der Waals surface area contributed by atoms with Crippen molar-refractivity contribution in [2.75, 3.05) is 7.11 Å². The monoisotopic (exact) mass is 364 g/mol. The summed E-state index contributed by atoms with van der Waals surface area (Å²) in [6.45, 7) is 3.83. The van der Waals surface area contributed by atoms with Gasteiger partial charge in [-0.1, -0.05) is 18.2 Å². The molecule has 0 radical (unpaired) electrons. The van der Waals surface area contributed by atoms with Crippen LogP contribution in [-0.2, 0) is 16.9 Å². The van der Waals surface area contributed by atoms with Gasteiger partial charge in [-0.15, -0.1) is 0 Å². The number of pyridine rings is 1. The minimum absolute atomic E-state index is 0.122. The molecule has 1 saturated heterocycles. The fourth-order valence-electron chi connectivity index (χ4n) is 3.35. The SMILES string of the molecule is COc1ccc([C@@]2(C)NC(=O)N(Cc3cn4cc(C)ccc4n3)C2=O)cc1. The van der Waals surface area contributed by atoms with Crippen LogP contribution in [0.5, 0.6) is 5.75 Å². The van der Waals surface area contributed by atoms with E-state index in [1.54, 1.807) is 38.3 Å². The highest BCUT2D eigenvalue weighted by atomic mass is 16.5. The molecule has 7 heteroatoms. The zero-order chi connectivity index (χ0) is 19.2. The molecule has 1 aliphatic heterocycles. The van der Waals surface area contributed by atoms with E-state index in [0.717, 1.165) is 11.2 Å². The van der Waals surface area contributed by atoms with Crippen molar-refractivity contribution >= 4 is 17.6 Å². The van der Waals surface area contributed by atoms with Crippen LogP contribution < -0.4 is 10.1 Å². The second-order valence-electron chi connectivity index (χ2n) is 6.88. The number of aryl methyl sites for hydroxylation is 1. The summed E-state index contributed by atoms with van der Waals surface area (Å²) in [5.41, 5.74) is 2.13. The highest BCUT2D eigenvalue weighted by molar-refractivity contribution is 6.07. The molecule has 138 valence electrons. The number of benzene rings is 1. The van der Waals surface area contributed by atoms with E-state index in [1.807, 2.05) is 35.9 Å². The van der Waals surface area contributed by atoms with Gasteiger partial charge in [-0.25, -0.2) is 9.78 Å². The molecule has 1 aliphatic rings. The zero-order valence-electron chi connectivity index (χ0n) is 15.4. The molecule has 3 aromatic rings. The number of nitrogens with one attached hydrogen (secondary N) is 1. The van der Waals surface area contributed by atoms with Crippen molar-refractivity contribution in [2.45, 2.75) is 25.9 Å². The Balaban J connectivity index is 1.61. The van der Waals surface area contributed by atoms with E-state index in [4.69, 9.17) is 4.74 Å². The number of nitrogens with zero attached hydrogens (tertiary/aromatic N) is 3. The number of carbonyl (C=O) groups is 2. The van der Waals surface area contributed by atoms with Gasteiger partial charge in [-0.05, 0) is 43.2 Å². The lowest BCUT2D eigenvalue weighted by Crippen LogP contribution is -2.40. The number of hydrogen-bond donors (Lipinski definition) is 1. The average molecular weight is 364 g/mol. The maximum atomic E-state index is 13.0. The molecular weight excluding hydrogens is 344 g/mol. The van der Waals surface area contributed by atoms with E-state index in [2.05, 4.69) is 10.3 Å². The summed E-state index contributed by atoms with van der Waals surface area (Å²) >= 11 is 0. The molecule has 3 amide bonds. The maximum absolute atomic E-state index is 13.0. The summed E-state index contributed by atoms with van der Waals surface area (Å²) in [4.78, 5) is 31.3. The number of hydrogen-bond acceptors (Lipinski definition) is 4. The lowest BCUT2D eigenvalue weighted by atomic mass is 9.92. The Morgan fingerprint density at radius 3 is 2.56 bits per heavy atom. The van der Waals surface area contributed by atoms with E-state index < -0.39 is 11.6 Å².